The molecule has 5 rings (SSSR count). The summed E-state index contributed by atoms with van der Waals surface area (Å²) in [4.78, 5) is 0.162. The van der Waals surface area contributed by atoms with E-state index in [0.717, 1.165) is 53.9 Å². The number of fused-ring (bicyclic) bond motifs is 5. The molecule has 0 aliphatic heterocycles. The van der Waals surface area contributed by atoms with Crippen LogP contribution in [0.2, 0.25) is 0 Å². The van der Waals surface area contributed by atoms with Gasteiger partial charge in [0.1, 0.15) is 0 Å². The van der Waals surface area contributed by atoms with Gasteiger partial charge < -0.3 is 14.2 Å². The van der Waals surface area contributed by atoms with E-state index in [2.05, 4.69) is 40.7 Å². The quantitative estimate of drug-likeness (QED) is 0.0934. The molecule has 0 radical (unpaired) electrons. The standard InChI is InChI=1S/C40H64O6S/c1-29(2)8-7-9-31(4)36-16-17-37-35-15-12-32-28-33(18-20-39(32,5)38(35)19-21-40(36,37)6)45-26-24-43-22-23-44-25-27-46-47(41,42)34-13-10-30(3)11-14-34/h10-14,29,31,33,35-38H,7-9,15-28H2,1-6H3/t31-,33+,35?,36-,37?,38?,39+,40-/m1/s1. The third-order valence-corrected chi connectivity index (χ3v) is 14.3. The molecule has 3 saturated carbocycles. The van der Waals surface area contributed by atoms with Gasteiger partial charge in [-0.15, -0.1) is 0 Å². The molecular formula is C40H64O6S. The van der Waals surface area contributed by atoms with Crippen molar-refractivity contribution in [1.29, 1.82) is 0 Å². The summed E-state index contributed by atoms with van der Waals surface area (Å²) in [5.41, 5.74) is 3.57. The van der Waals surface area contributed by atoms with Crippen LogP contribution in [0.3, 0.4) is 0 Å². The summed E-state index contributed by atoms with van der Waals surface area (Å²) in [6, 6.07) is 6.62. The Balaban J connectivity index is 0.986. The first-order valence-electron chi connectivity index (χ1n) is 18.9. The maximum atomic E-state index is 12.2. The highest BCUT2D eigenvalue weighted by molar-refractivity contribution is 7.86. The molecule has 1 aromatic carbocycles. The van der Waals surface area contributed by atoms with Gasteiger partial charge in [-0.3, -0.25) is 4.18 Å². The van der Waals surface area contributed by atoms with E-state index < -0.39 is 10.1 Å². The van der Waals surface area contributed by atoms with Crippen LogP contribution in [-0.2, 0) is 28.5 Å². The molecule has 6 nitrogen and oxygen atoms in total. The Morgan fingerprint density at radius 2 is 1.53 bits per heavy atom. The van der Waals surface area contributed by atoms with E-state index in [9.17, 15) is 8.42 Å². The Hall–Kier alpha value is -1.25. The first-order valence-corrected chi connectivity index (χ1v) is 20.3. The lowest BCUT2D eigenvalue weighted by Crippen LogP contribution is -2.51. The first kappa shape index (κ1) is 37.0. The number of rotatable bonds is 17. The Morgan fingerprint density at radius 1 is 0.830 bits per heavy atom. The van der Waals surface area contributed by atoms with Gasteiger partial charge in [-0.1, -0.05) is 83.2 Å². The Labute approximate surface area is 286 Å². The van der Waals surface area contributed by atoms with Crippen molar-refractivity contribution >= 4 is 10.1 Å². The largest absolute Gasteiger partial charge is 0.377 e. The van der Waals surface area contributed by atoms with Crippen molar-refractivity contribution in [3.8, 4) is 0 Å². The van der Waals surface area contributed by atoms with Gasteiger partial charge in [0, 0.05) is 0 Å². The van der Waals surface area contributed by atoms with Crippen molar-refractivity contribution in [2.75, 3.05) is 39.6 Å². The second-order valence-corrected chi connectivity index (χ2v) is 18.0. The third kappa shape index (κ3) is 8.74. The molecule has 47 heavy (non-hydrogen) atoms. The fourth-order valence-corrected chi connectivity index (χ4v) is 11.3. The van der Waals surface area contributed by atoms with E-state index in [1.54, 1.807) is 29.8 Å². The second-order valence-electron chi connectivity index (χ2n) is 16.3. The molecule has 7 heteroatoms. The molecule has 0 amide bonds. The highest BCUT2D eigenvalue weighted by Gasteiger charge is 2.59. The minimum atomic E-state index is -3.76. The third-order valence-electron chi connectivity index (χ3n) is 13.0. The van der Waals surface area contributed by atoms with E-state index in [4.69, 9.17) is 18.4 Å². The van der Waals surface area contributed by atoms with Gasteiger partial charge in [0.05, 0.1) is 50.6 Å². The molecule has 0 aromatic heterocycles. The summed E-state index contributed by atoms with van der Waals surface area (Å²) >= 11 is 0. The Bertz CT molecular complexity index is 1270. The summed E-state index contributed by atoms with van der Waals surface area (Å²) in [5.74, 6) is 5.22. The molecule has 4 aliphatic carbocycles. The van der Waals surface area contributed by atoms with Gasteiger partial charge in [0.25, 0.3) is 10.1 Å². The molecule has 0 bridgehead atoms. The van der Waals surface area contributed by atoms with Crippen molar-refractivity contribution in [2.45, 2.75) is 123 Å². The minimum absolute atomic E-state index is 0.0182. The lowest BCUT2D eigenvalue weighted by molar-refractivity contribution is -0.0689. The SMILES string of the molecule is Cc1ccc(S(=O)(=O)OCCOCCOCCO[C@H]2CC[C@@]3(C)C(=CCC4C3CC[C@@]3(C)C4CC[C@@H]3[C@H](C)CCCC(C)C)C2)cc1. The zero-order chi connectivity index (χ0) is 33.7. The maximum absolute atomic E-state index is 12.2. The van der Waals surface area contributed by atoms with Gasteiger partial charge >= 0.3 is 0 Å². The van der Waals surface area contributed by atoms with E-state index in [-0.39, 0.29) is 24.2 Å². The molecule has 3 unspecified atom stereocenters. The second kappa shape index (κ2) is 16.2. The van der Waals surface area contributed by atoms with Crippen LogP contribution in [-0.4, -0.2) is 54.2 Å². The van der Waals surface area contributed by atoms with Gasteiger partial charge in [0.15, 0.2) is 0 Å². The molecule has 0 heterocycles. The monoisotopic (exact) mass is 672 g/mol. The predicted molar refractivity (Wildman–Crippen MR) is 189 cm³/mol. The van der Waals surface area contributed by atoms with Crippen LogP contribution >= 0.6 is 0 Å². The van der Waals surface area contributed by atoms with Gasteiger partial charge in [-0.05, 0) is 117 Å². The molecule has 3 fully saturated rings. The van der Waals surface area contributed by atoms with Crippen LogP contribution in [0.15, 0.2) is 40.8 Å². The van der Waals surface area contributed by atoms with Crippen LogP contribution < -0.4 is 0 Å². The van der Waals surface area contributed by atoms with Gasteiger partial charge in [0.2, 0.25) is 0 Å². The molecule has 1 aromatic rings. The van der Waals surface area contributed by atoms with Crippen molar-refractivity contribution < 1.29 is 26.8 Å². The van der Waals surface area contributed by atoms with Crippen LogP contribution in [0.25, 0.3) is 0 Å². The number of hydrogen-bond acceptors (Lipinski definition) is 6. The molecule has 266 valence electrons. The maximum Gasteiger partial charge on any atom is 0.297 e. The van der Waals surface area contributed by atoms with E-state index >= 15 is 0 Å². The Kier molecular flexibility index (Phi) is 12.7. The summed E-state index contributed by atoms with van der Waals surface area (Å²) < 4.78 is 47.1. The average Bonchev–Trinajstić information content (AvgIpc) is 3.39. The van der Waals surface area contributed by atoms with E-state index in [1.807, 2.05) is 6.92 Å². The normalized spacial score (nSPS) is 32.8. The fourth-order valence-electron chi connectivity index (χ4n) is 10.4. The molecule has 8 atom stereocenters. The van der Waals surface area contributed by atoms with E-state index in [1.165, 1.54) is 57.8 Å². The molecular weight excluding hydrogens is 609 g/mol. The average molecular weight is 673 g/mol. The lowest BCUT2D eigenvalue weighted by atomic mass is 9.47. The molecule has 0 spiro atoms. The number of benzene rings is 1. The van der Waals surface area contributed by atoms with Crippen molar-refractivity contribution in [3.63, 3.8) is 0 Å². The van der Waals surface area contributed by atoms with Gasteiger partial charge in [-0.2, -0.15) is 8.42 Å². The van der Waals surface area contributed by atoms with Crippen LogP contribution in [0.4, 0.5) is 0 Å². The highest BCUT2D eigenvalue weighted by atomic mass is 32.2. The van der Waals surface area contributed by atoms with Crippen LogP contribution in [0.1, 0.15) is 111 Å². The smallest absolute Gasteiger partial charge is 0.297 e. The predicted octanol–water partition coefficient (Wildman–Crippen LogP) is 9.16. The zero-order valence-electron chi connectivity index (χ0n) is 30.3. The van der Waals surface area contributed by atoms with Crippen molar-refractivity contribution in [1.82, 2.24) is 0 Å². The first-order chi connectivity index (χ1) is 22.4. The minimum Gasteiger partial charge on any atom is -0.377 e. The molecule has 0 saturated heterocycles. The van der Waals surface area contributed by atoms with Crippen molar-refractivity contribution in [3.05, 3.63) is 41.5 Å². The Morgan fingerprint density at radius 3 is 2.26 bits per heavy atom. The van der Waals surface area contributed by atoms with Crippen LogP contribution in [0.5, 0.6) is 0 Å². The van der Waals surface area contributed by atoms with E-state index in [0.29, 0.717) is 37.3 Å². The summed E-state index contributed by atoms with van der Waals surface area (Å²) in [6.45, 7) is 16.7. The summed E-state index contributed by atoms with van der Waals surface area (Å²) in [6.07, 6.45) is 17.6. The number of ether oxygens (including phenoxy) is 3. The highest BCUT2D eigenvalue weighted by Crippen LogP contribution is 2.67. The molecule has 4 aliphatic rings. The summed E-state index contributed by atoms with van der Waals surface area (Å²) in [7, 11) is -3.76. The van der Waals surface area contributed by atoms with Gasteiger partial charge in [-0.25, -0.2) is 0 Å². The zero-order valence-corrected chi connectivity index (χ0v) is 31.1. The summed E-state index contributed by atoms with van der Waals surface area (Å²) in [5, 5.41) is 0. The number of aryl methyl sites for hydroxylation is 1. The van der Waals surface area contributed by atoms with Crippen LogP contribution in [0, 0.1) is 53.3 Å². The van der Waals surface area contributed by atoms with Crippen molar-refractivity contribution in [2.24, 2.45) is 46.3 Å². The topological polar surface area (TPSA) is 71.1 Å². The number of allylic oxidation sites excluding steroid dienone is 1. The lowest BCUT2D eigenvalue weighted by Gasteiger charge is -2.58. The fraction of sp³-hybridized carbons (Fsp3) is 0.800. The molecule has 0 N–H and O–H groups in total. The number of hydrogen-bond donors (Lipinski definition) is 0.